The fourth-order valence-corrected chi connectivity index (χ4v) is 5.35. The Morgan fingerprint density at radius 2 is 1.97 bits per heavy atom. The molecule has 1 aliphatic heterocycles. The molecule has 1 atom stereocenters. The average molecular weight is 452 g/mol. The molecule has 3 aromatic rings. The van der Waals surface area contributed by atoms with Gasteiger partial charge in [0.15, 0.2) is 5.82 Å². The van der Waals surface area contributed by atoms with Crippen molar-refractivity contribution in [1.82, 2.24) is 19.9 Å². The van der Waals surface area contributed by atoms with Crippen LogP contribution in [0.15, 0.2) is 42.7 Å². The third-order valence-electron chi connectivity index (χ3n) is 6.90. The first-order valence-corrected chi connectivity index (χ1v) is 12.2. The van der Waals surface area contributed by atoms with Crippen LogP contribution in [-0.2, 0) is 4.79 Å². The van der Waals surface area contributed by atoms with Crippen molar-refractivity contribution >= 4 is 28.8 Å². The van der Waals surface area contributed by atoms with Gasteiger partial charge in [0.05, 0.1) is 16.6 Å². The van der Waals surface area contributed by atoms with Gasteiger partial charge < -0.3 is 10.2 Å². The molecule has 1 saturated carbocycles. The van der Waals surface area contributed by atoms with Crippen molar-refractivity contribution in [2.75, 3.05) is 24.5 Å². The van der Waals surface area contributed by atoms with E-state index >= 15 is 0 Å². The molecule has 1 amide bonds. The number of fused-ring (bicyclic) bond motifs is 1. The van der Waals surface area contributed by atoms with Gasteiger partial charge in [-0.25, -0.2) is 9.50 Å². The van der Waals surface area contributed by atoms with Crippen LogP contribution in [0.25, 0.3) is 16.8 Å². The lowest BCUT2D eigenvalue weighted by molar-refractivity contribution is -0.125. The minimum Gasteiger partial charge on any atom is -0.356 e. The zero-order chi connectivity index (χ0) is 21.9. The highest BCUT2D eigenvalue weighted by Crippen LogP contribution is 2.31. The van der Waals surface area contributed by atoms with E-state index in [0.717, 1.165) is 48.5 Å². The molecule has 1 saturated heterocycles. The van der Waals surface area contributed by atoms with Crippen LogP contribution in [0, 0.1) is 11.8 Å². The molecule has 6 nitrogen and oxygen atoms in total. The molecular weight excluding hydrogens is 422 g/mol. The molecule has 1 aliphatic carbocycles. The summed E-state index contributed by atoms with van der Waals surface area (Å²) in [4.78, 5) is 19.8. The fraction of sp³-hybridized carbons (Fsp3) is 0.480. The third-order valence-corrected chi connectivity index (χ3v) is 7.23. The number of carbonyl (C=O) groups excluding carboxylic acids is 1. The predicted octanol–water partition coefficient (Wildman–Crippen LogP) is 4.96. The lowest BCUT2D eigenvalue weighted by atomic mass is 9.89. The second-order valence-electron chi connectivity index (χ2n) is 9.12. The Hall–Kier alpha value is -2.60. The van der Waals surface area contributed by atoms with Crippen LogP contribution >= 0.6 is 11.6 Å². The minimum absolute atomic E-state index is 0.000330. The number of aromatic nitrogens is 3. The van der Waals surface area contributed by atoms with Crippen LogP contribution in [-0.4, -0.2) is 40.1 Å². The Bertz CT molecular complexity index is 1090. The van der Waals surface area contributed by atoms with Crippen LogP contribution in [0.1, 0.15) is 44.9 Å². The van der Waals surface area contributed by atoms with Gasteiger partial charge in [0.2, 0.25) is 5.91 Å². The molecular formula is C25H30ClN5O. The fourth-order valence-electron chi connectivity index (χ4n) is 5.12. The summed E-state index contributed by atoms with van der Waals surface area (Å²) in [6.45, 7) is 2.41. The van der Waals surface area contributed by atoms with Gasteiger partial charge in [-0.05, 0) is 43.7 Å². The maximum Gasteiger partial charge on any atom is 0.224 e. The number of anilines is 1. The van der Waals surface area contributed by atoms with E-state index in [-0.39, 0.29) is 11.8 Å². The number of rotatable bonds is 5. The maximum absolute atomic E-state index is 12.9. The number of benzene rings is 1. The van der Waals surface area contributed by atoms with Gasteiger partial charge in [-0.3, -0.25) is 4.79 Å². The van der Waals surface area contributed by atoms with Crippen LogP contribution in [0.3, 0.4) is 0 Å². The van der Waals surface area contributed by atoms with Gasteiger partial charge in [0.1, 0.15) is 5.52 Å². The number of nitrogens with one attached hydrogen (secondary N) is 1. The first kappa shape index (κ1) is 21.3. The Morgan fingerprint density at radius 1 is 1.12 bits per heavy atom. The first-order chi connectivity index (χ1) is 15.7. The van der Waals surface area contributed by atoms with E-state index in [9.17, 15) is 4.79 Å². The van der Waals surface area contributed by atoms with E-state index in [0.29, 0.717) is 17.5 Å². The molecule has 2 aliphatic rings. The Morgan fingerprint density at radius 3 is 2.81 bits per heavy atom. The number of piperidine rings is 1. The normalized spacial score (nSPS) is 19.9. The van der Waals surface area contributed by atoms with E-state index < -0.39 is 0 Å². The molecule has 2 fully saturated rings. The number of carbonyl (C=O) groups is 1. The monoisotopic (exact) mass is 451 g/mol. The summed E-state index contributed by atoms with van der Waals surface area (Å²) in [5.74, 6) is 1.72. The number of nitrogens with zero attached hydrogens (tertiary/aromatic N) is 4. The molecule has 0 spiro atoms. The molecule has 0 unspecified atom stereocenters. The zero-order valence-corrected chi connectivity index (χ0v) is 19.1. The van der Waals surface area contributed by atoms with Gasteiger partial charge in [0, 0.05) is 37.6 Å². The zero-order valence-electron chi connectivity index (χ0n) is 18.3. The molecule has 32 heavy (non-hydrogen) atoms. The largest absolute Gasteiger partial charge is 0.356 e. The van der Waals surface area contributed by atoms with E-state index in [1.54, 1.807) is 6.20 Å². The van der Waals surface area contributed by atoms with Crippen LogP contribution in [0.5, 0.6) is 0 Å². The smallest absolute Gasteiger partial charge is 0.224 e. The summed E-state index contributed by atoms with van der Waals surface area (Å²) in [6.07, 6.45) is 12.0. The van der Waals surface area contributed by atoms with Crippen LogP contribution < -0.4 is 10.2 Å². The Labute approximate surface area is 194 Å². The Kier molecular flexibility index (Phi) is 6.30. The molecule has 0 bridgehead atoms. The number of halogens is 1. The van der Waals surface area contributed by atoms with Crippen molar-refractivity contribution < 1.29 is 4.79 Å². The van der Waals surface area contributed by atoms with Crippen molar-refractivity contribution in [3.05, 3.63) is 47.7 Å². The van der Waals surface area contributed by atoms with Crippen molar-refractivity contribution in [1.29, 1.82) is 0 Å². The first-order valence-electron chi connectivity index (χ1n) is 11.8. The summed E-state index contributed by atoms with van der Waals surface area (Å²) in [5, 5.41) is 8.64. The highest BCUT2D eigenvalue weighted by atomic mass is 35.5. The summed E-state index contributed by atoms with van der Waals surface area (Å²) in [6, 6.07) is 9.77. The topological polar surface area (TPSA) is 62.5 Å². The number of hydrogen-bond donors (Lipinski definition) is 1. The van der Waals surface area contributed by atoms with Gasteiger partial charge in [-0.15, -0.1) is 0 Å². The molecule has 2 aromatic heterocycles. The molecule has 1 aromatic carbocycles. The predicted molar refractivity (Wildman–Crippen MR) is 128 cm³/mol. The molecule has 168 valence electrons. The van der Waals surface area contributed by atoms with Crippen molar-refractivity contribution in [2.45, 2.75) is 44.9 Å². The van der Waals surface area contributed by atoms with Gasteiger partial charge in [-0.2, -0.15) is 5.10 Å². The lowest BCUT2D eigenvalue weighted by Crippen LogP contribution is -2.44. The average Bonchev–Trinajstić information content (AvgIpc) is 3.28. The van der Waals surface area contributed by atoms with Crippen molar-refractivity contribution in [2.24, 2.45) is 11.8 Å². The summed E-state index contributed by atoms with van der Waals surface area (Å²) in [5.41, 5.74) is 2.66. The molecule has 7 heteroatoms. The maximum atomic E-state index is 12.9. The Balaban J connectivity index is 1.32. The SMILES string of the molecule is O=C(NCC1CCCCC1)[C@@H]1CCCN(c2nccn3nc(-c4ccccc4Cl)cc23)C1. The third kappa shape index (κ3) is 4.46. The molecule has 5 rings (SSSR count). The summed E-state index contributed by atoms with van der Waals surface area (Å²) in [7, 11) is 0. The molecule has 3 heterocycles. The summed E-state index contributed by atoms with van der Waals surface area (Å²) < 4.78 is 1.85. The van der Waals surface area contributed by atoms with Gasteiger partial charge >= 0.3 is 0 Å². The minimum atomic E-state index is 0.000330. The molecule has 1 N–H and O–H groups in total. The highest BCUT2D eigenvalue weighted by molar-refractivity contribution is 6.33. The standard InChI is InChI=1S/C25H30ClN5O/c26-21-11-5-4-10-20(21)22-15-23-24(27-12-14-31(23)29-22)30-13-6-9-19(17-30)25(32)28-16-18-7-2-1-3-8-18/h4-5,10-12,14-15,18-19H,1-3,6-9,13,16-17H2,(H,28,32)/t19-/m1/s1. The van der Waals surface area contributed by atoms with Crippen molar-refractivity contribution in [3.63, 3.8) is 0 Å². The van der Waals surface area contributed by atoms with Gasteiger partial charge in [0.25, 0.3) is 0 Å². The quantitative estimate of drug-likeness (QED) is 0.595. The molecule has 0 radical (unpaired) electrons. The lowest BCUT2D eigenvalue weighted by Gasteiger charge is -2.33. The van der Waals surface area contributed by atoms with Gasteiger partial charge in [-0.1, -0.05) is 49.1 Å². The van der Waals surface area contributed by atoms with E-state index in [1.165, 1.54) is 32.1 Å². The second-order valence-corrected chi connectivity index (χ2v) is 9.53. The number of amides is 1. The van der Waals surface area contributed by atoms with E-state index in [1.807, 2.05) is 41.0 Å². The van der Waals surface area contributed by atoms with E-state index in [4.69, 9.17) is 16.7 Å². The van der Waals surface area contributed by atoms with E-state index in [2.05, 4.69) is 15.2 Å². The van der Waals surface area contributed by atoms with Crippen molar-refractivity contribution in [3.8, 4) is 11.3 Å². The summed E-state index contributed by atoms with van der Waals surface area (Å²) >= 11 is 6.39. The second kappa shape index (κ2) is 9.49. The van der Waals surface area contributed by atoms with Crippen LogP contribution in [0.4, 0.5) is 5.82 Å². The highest BCUT2D eigenvalue weighted by Gasteiger charge is 2.28. The number of hydrogen-bond acceptors (Lipinski definition) is 4. The van der Waals surface area contributed by atoms with Crippen LogP contribution in [0.2, 0.25) is 5.02 Å².